The molecule has 0 spiro atoms. The van der Waals surface area contributed by atoms with E-state index in [9.17, 15) is 0 Å². The summed E-state index contributed by atoms with van der Waals surface area (Å²) in [5, 5.41) is 9.74. The van der Waals surface area contributed by atoms with Gasteiger partial charge in [0.2, 0.25) is 5.95 Å². The molecule has 0 bridgehead atoms. The van der Waals surface area contributed by atoms with E-state index in [0.29, 0.717) is 11.5 Å². The van der Waals surface area contributed by atoms with E-state index in [1.165, 1.54) is 4.88 Å². The number of thiophene rings is 1. The largest absolute Gasteiger partial charge is 0.493 e. The Balaban J connectivity index is 1.78. The van der Waals surface area contributed by atoms with Crippen molar-refractivity contribution >= 4 is 23.0 Å². The molecule has 0 saturated heterocycles. The molecule has 2 aromatic heterocycles. The zero-order valence-corrected chi connectivity index (χ0v) is 14.1. The number of hydrogen-bond acceptors (Lipinski definition) is 6. The summed E-state index contributed by atoms with van der Waals surface area (Å²) < 4.78 is 12.6. The molecule has 1 atom stereocenters. The minimum absolute atomic E-state index is 0.0202. The Labute approximate surface area is 143 Å². The predicted molar refractivity (Wildman–Crippen MR) is 93.6 cm³/mol. The van der Waals surface area contributed by atoms with Crippen LogP contribution in [0.1, 0.15) is 16.5 Å². The van der Waals surface area contributed by atoms with E-state index < -0.39 is 0 Å². The number of methoxy groups -OCH3 is 2. The van der Waals surface area contributed by atoms with Gasteiger partial charge in [0.15, 0.2) is 11.5 Å². The molecule has 0 amide bonds. The van der Waals surface area contributed by atoms with Gasteiger partial charge >= 0.3 is 0 Å². The highest BCUT2D eigenvalue weighted by molar-refractivity contribution is 7.10. The van der Waals surface area contributed by atoms with Gasteiger partial charge in [-0.05, 0) is 35.7 Å². The average molecular weight is 340 g/mol. The summed E-state index contributed by atoms with van der Waals surface area (Å²) >= 11 is 1.70. The van der Waals surface area contributed by atoms with Gasteiger partial charge in [-0.25, -0.2) is 4.68 Å². The normalized spacial score (nSPS) is 16.1. The van der Waals surface area contributed by atoms with Gasteiger partial charge in [0, 0.05) is 16.1 Å². The van der Waals surface area contributed by atoms with Crippen molar-refractivity contribution in [3.05, 3.63) is 58.6 Å². The van der Waals surface area contributed by atoms with Crippen molar-refractivity contribution in [3.8, 4) is 11.5 Å². The molecule has 24 heavy (non-hydrogen) atoms. The maximum Gasteiger partial charge on any atom is 0.226 e. The van der Waals surface area contributed by atoms with Crippen molar-refractivity contribution in [3.63, 3.8) is 0 Å². The van der Waals surface area contributed by atoms with Gasteiger partial charge in [0.05, 0.1) is 14.2 Å². The van der Waals surface area contributed by atoms with Crippen molar-refractivity contribution in [2.45, 2.75) is 6.04 Å². The number of fused-ring (bicyclic) bond motifs is 1. The molecule has 122 valence electrons. The molecule has 1 N–H and O–H groups in total. The number of benzene rings is 1. The molecule has 3 heterocycles. The molecule has 0 saturated carbocycles. The number of ether oxygens (including phenoxy) is 2. The molecule has 1 aliphatic heterocycles. The van der Waals surface area contributed by atoms with E-state index in [4.69, 9.17) is 9.47 Å². The third-order valence-corrected chi connectivity index (χ3v) is 4.88. The van der Waals surface area contributed by atoms with Gasteiger partial charge in [-0.15, -0.1) is 11.3 Å². The smallest absolute Gasteiger partial charge is 0.226 e. The number of hydrogen-bond donors (Lipinski definition) is 1. The maximum atomic E-state index is 5.41. The van der Waals surface area contributed by atoms with Crippen molar-refractivity contribution in [1.29, 1.82) is 0 Å². The maximum absolute atomic E-state index is 5.41. The molecule has 0 fully saturated rings. The Morgan fingerprint density at radius 3 is 2.79 bits per heavy atom. The number of rotatable bonds is 4. The molecule has 4 rings (SSSR count). The standard InChI is InChI=1S/C17H16N4O2S/c1-22-14-6-5-11(8-15(14)23-2)12-9-13(16-4-3-7-24-16)21-17(20-12)18-10-19-21/h3-10,13H,1-2H3,(H,18,19,20). The Bertz CT molecular complexity index is 886. The summed E-state index contributed by atoms with van der Waals surface area (Å²) in [6, 6.07) is 10.0. The number of nitrogens with zero attached hydrogens (tertiary/aromatic N) is 3. The molecule has 6 nitrogen and oxygen atoms in total. The molecule has 1 aromatic carbocycles. The zero-order valence-electron chi connectivity index (χ0n) is 13.3. The first kappa shape index (κ1) is 14.8. The summed E-state index contributed by atoms with van der Waals surface area (Å²) in [5.74, 6) is 2.12. The van der Waals surface area contributed by atoms with Crippen LogP contribution in [0.2, 0.25) is 0 Å². The van der Waals surface area contributed by atoms with Gasteiger partial charge in [0.25, 0.3) is 0 Å². The van der Waals surface area contributed by atoms with Crippen molar-refractivity contribution in [2.75, 3.05) is 19.5 Å². The number of anilines is 1. The summed E-state index contributed by atoms with van der Waals surface area (Å²) in [6.07, 6.45) is 3.71. The van der Waals surface area contributed by atoms with Crippen molar-refractivity contribution in [1.82, 2.24) is 14.8 Å². The van der Waals surface area contributed by atoms with Crippen LogP contribution < -0.4 is 14.8 Å². The Hall–Kier alpha value is -2.80. The lowest BCUT2D eigenvalue weighted by Crippen LogP contribution is -2.19. The van der Waals surface area contributed by atoms with Gasteiger partial charge in [-0.2, -0.15) is 10.1 Å². The summed E-state index contributed by atoms with van der Waals surface area (Å²) in [5.41, 5.74) is 1.97. The van der Waals surface area contributed by atoms with Gasteiger partial charge in [-0.3, -0.25) is 0 Å². The van der Waals surface area contributed by atoms with Gasteiger partial charge < -0.3 is 14.8 Å². The van der Waals surface area contributed by atoms with Crippen molar-refractivity contribution in [2.24, 2.45) is 0 Å². The fourth-order valence-electron chi connectivity index (χ4n) is 2.77. The Morgan fingerprint density at radius 2 is 2.04 bits per heavy atom. The number of nitrogens with one attached hydrogen (secondary N) is 1. The fraction of sp³-hybridized carbons (Fsp3) is 0.176. The third kappa shape index (κ3) is 2.43. The first-order valence-electron chi connectivity index (χ1n) is 7.44. The second-order valence-electron chi connectivity index (χ2n) is 5.26. The average Bonchev–Trinajstić information content (AvgIpc) is 3.31. The number of aromatic nitrogens is 3. The van der Waals surface area contributed by atoms with Crippen LogP contribution in [0.5, 0.6) is 11.5 Å². The molecule has 1 aliphatic rings. The van der Waals surface area contributed by atoms with Crippen molar-refractivity contribution < 1.29 is 9.47 Å². The molecule has 7 heteroatoms. The van der Waals surface area contributed by atoms with Crippen LogP contribution in [0.25, 0.3) is 5.70 Å². The van der Waals surface area contributed by atoms with Crippen LogP contribution in [0, 0.1) is 0 Å². The lowest BCUT2D eigenvalue weighted by molar-refractivity contribution is 0.355. The lowest BCUT2D eigenvalue weighted by atomic mass is 10.1. The van der Waals surface area contributed by atoms with Gasteiger partial charge in [-0.1, -0.05) is 6.07 Å². The van der Waals surface area contributed by atoms with Crippen LogP contribution in [-0.2, 0) is 0 Å². The minimum atomic E-state index is 0.0202. The monoisotopic (exact) mass is 340 g/mol. The first-order chi connectivity index (χ1) is 11.8. The van der Waals surface area contributed by atoms with Crippen LogP contribution in [-0.4, -0.2) is 29.0 Å². The highest BCUT2D eigenvalue weighted by atomic mass is 32.1. The van der Waals surface area contributed by atoms with E-state index >= 15 is 0 Å². The Morgan fingerprint density at radius 1 is 1.17 bits per heavy atom. The zero-order chi connectivity index (χ0) is 16.5. The lowest BCUT2D eigenvalue weighted by Gasteiger charge is -2.23. The van der Waals surface area contributed by atoms with Crippen LogP contribution >= 0.6 is 11.3 Å². The molecule has 1 unspecified atom stereocenters. The summed E-state index contributed by atoms with van der Waals surface area (Å²) in [6.45, 7) is 0. The molecule has 0 aliphatic carbocycles. The molecule has 3 aromatic rings. The molecule has 0 radical (unpaired) electrons. The van der Waals surface area contributed by atoms with E-state index in [0.717, 1.165) is 17.2 Å². The highest BCUT2D eigenvalue weighted by Crippen LogP contribution is 2.36. The van der Waals surface area contributed by atoms with E-state index in [2.05, 4.69) is 32.9 Å². The van der Waals surface area contributed by atoms with Crippen LogP contribution in [0.3, 0.4) is 0 Å². The molecular weight excluding hydrogens is 324 g/mol. The Kier molecular flexibility index (Phi) is 3.70. The SMILES string of the molecule is COc1ccc(C2=CC(c3cccs3)n3ncnc3N2)cc1OC. The third-order valence-electron chi connectivity index (χ3n) is 3.94. The van der Waals surface area contributed by atoms with Gasteiger partial charge in [0.1, 0.15) is 12.4 Å². The highest BCUT2D eigenvalue weighted by Gasteiger charge is 2.24. The minimum Gasteiger partial charge on any atom is -0.493 e. The first-order valence-corrected chi connectivity index (χ1v) is 8.32. The number of allylic oxidation sites excluding steroid dienone is 1. The summed E-state index contributed by atoms with van der Waals surface area (Å²) in [7, 11) is 3.26. The quantitative estimate of drug-likeness (QED) is 0.788. The van der Waals surface area contributed by atoms with E-state index in [1.807, 2.05) is 28.9 Å². The molecular formula is C17H16N4O2S. The van der Waals surface area contributed by atoms with Crippen LogP contribution in [0.15, 0.2) is 48.1 Å². The second-order valence-corrected chi connectivity index (χ2v) is 6.24. The topological polar surface area (TPSA) is 61.2 Å². The van der Waals surface area contributed by atoms with Crippen LogP contribution in [0.4, 0.5) is 5.95 Å². The van der Waals surface area contributed by atoms with E-state index in [-0.39, 0.29) is 6.04 Å². The predicted octanol–water partition coefficient (Wildman–Crippen LogP) is 3.41. The fourth-order valence-corrected chi connectivity index (χ4v) is 3.55. The summed E-state index contributed by atoms with van der Waals surface area (Å²) in [4.78, 5) is 5.53. The second kappa shape index (κ2) is 6.01. The van der Waals surface area contributed by atoms with E-state index in [1.54, 1.807) is 31.9 Å².